The van der Waals surface area contributed by atoms with Gasteiger partial charge in [0, 0.05) is 48.5 Å². The molecule has 0 aliphatic carbocycles. The molecule has 3 heterocycles. The molecule has 4 rings (SSSR count). The second-order valence-electron chi connectivity index (χ2n) is 11.8. The number of carbonyl (C=O) groups is 2. The van der Waals surface area contributed by atoms with Gasteiger partial charge in [-0.3, -0.25) is 14.6 Å². The molecule has 2 fully saturated rings. The maximum absolute atomic E-state index is 14.3. The first-order valence-electron chi connectivity index (χ1n) is 14.0. The molecule has 1 atom stereocenters. The van der Waals surface area contributed by atoms with E-state index in [0.717, 1.165) is 18.7 Å². The van der Waals surface area contributed by atoms with Crippen LogP contribution in [0.25, 0.3) is 0 Å². The fourth-order valence-electron chi connectivity index (χ4n) is 5.45. The molecular weight excluding hydrogens is 566 g/mol. The van der Waals surface area contributed by atoms with Crippen LogP contribution in [0.15, 0.2) is 29.8 Å². The fraction of sp³-hybridized carbons (Fsp3) is 0.517. The number of rotatable bonds is 9. The van der Waals surface area contributed by atoms with Gasteiger partial charge >= 0.3 is 0 Å². The van der Waals surface area contributed by atoms with Crippen LogP contribution in [0.1, 0.15) is 79.7 Å². The lowest BCUT2D eigenvalue weighted by molar-refractivity contribution is -0.130. The summed E-state index contributed by atoms with van der Waals surface area (Å²) in [4.78, 5) is 37.7. The molecule has 2 aliphatic heterocycles. The molecule has 0 spiro atoms. The number of nitrogens with zero attached hydrogens (tertiary/aromatic N) is 5. The van der Waals surface area contributed by atoms with Crippen molar-refractivity contribution >= 4 is 34.9 Å². The summed E-state index contributed by atoms with van der Waals surface area (Å²) in [6, 6.07) is 2.79. The summed E-state index contributed by atoms with van der Waals surface area (Å²) in [7, 11) is 0. The molecule has 13 heteroatoms. The number of nitrogens with one attached hydrogen (secondary N) is 1. The number of aliphatic imine (C=N–C) groups is 1. The van der Waals surface area contributed by atoms with E-state index < -0.39 is 18.0 Å². The van der Waals surface area contributed by atoms with Gasteiger partial charge in [0.05, 0.1) is 12.6 Å². The summed E-state index contributed by atoms with van der Waals surface area (Å²) in [5.74, 6) is -0.597. The number of halogens is 3. The molecule has 42 heavy (non-hydrogen) atoms. The Balaban J connectivity index is 1.70. The van der Waals surface area contributed by atoms with Crippen molar-refractivity contribution in [2.45, 2.75) is 64.6 Å². The summed E-state index contributed by atoms with van der Waals surface area (Å²) in [5, 5.41) is 3.31. The van der Waals surface area contributed by atoms with E-state index in [9.17, 15) is 18.4 Å². The van der Waals surface area contributed by atoms with E-state index in [1.165, 1.54) is 11.0 Å². The minimum absolute atomic E-state index is 0.108. The van der Waals surface area contributed by atoms with Crippen LogP contribution in [0.4, 0.5) is 14.5 Å². The number of nitrogens with two attached hydrogens (primary N) is 2. The quantitative estimate of drug-likeness (QED) is 0.173. The minimum atomic E-state index is -2.99. The first kappa shape index (κ1) is 31.4. The number of hydrogen-bond donors (Lipinski definition) is 3. The van der Waals surface area contributed by atoms with E-state index in [-0.39, 0.29) is 60.4 Å². The maximum Gasteiger partial charge on any atom is 0.282 e. The zero-order valence-corrected chi connectivity index (χ0v) is 25.2. The molecule has 1 aromatic carbocycles. The van der Waals surface area contributed by atoms with Crippen molar-refractivity contribution in [1.29, 1.82) is 0 Å². The molecule has 10 nitrogen and oxygen atoms in total. The van der Waals surface area contributed by atoms with Gasteiger partial charge in [-0.15, -0.1) is 0 Å². The highest BCUT2D eigenvalue weighted by molar-refractivity contribution is 6.32. The van der Waals surface area contributed by atoms with Crippen LogP contribution < -0.4 is 16.8 Å². The normalized spacial score (nSPS) is 18.4. The number of amidine groups is 1. The highest BCUT2D eigenvalue weighted by Crippen LogP contribution is 2.34. The number of likely N-dealkylation sites (tertiary alicyclic amines) is 2. The number of carbonyl (C=O) groups excluding carboxylic acids is 2. The SMILES string of the molecule is C=CC(=O)N1CC(NC(=O)c2c(C(F)F)nc(CN=C(N)c3cc(C(C)(C)C)c(Cl)cc3N)n2C2CCN(CC)C2)C1. The molecule has 2 saturated heterocycles. The van der Waals surface area contributed by atoms with Crippen LogP contribution in [-0.4, -0.2) is 75.8 Å². The first-order valence-corrected chi connectivity index (χ1v) is 14.4. The molecule has 5 N–H and O–H groups in total. The van der Waals surface area contributed by atoms with Crippen LogP contribution in [-0.2, 0) is 16.8 Å². The number of aromatic nitrogens is 2. The second-order valence-corrected chi connectivity index (χ2v) is 12.2. The molecule has 0 radical (unpaired) electrons. The molecule has 2 amide bonds. The van der Waals surface area contributed by atoms with E-state index in [0.29, 0.717) is 29.2 Å². The Hall–Kier alpha value is -3.51. The average molecular weight is 605 g/mol. The Morgan fingerprint density at radius 2 is 1.98 bits per heavy atom. The Morgan fingerprint density at radius 3 is 2.55 bits per heavy atom. The summed E-state index contributed by atoms with van der Waals surface area (Å²) >= 11 is 6.43. The van der Waals surface area contributed by atoms with Gasteiger partial charge in [-0.1, -0.05) is 45.9 Å². The van der Waals surface area contributed by atoms with Crippen molar-refractivity contribution in [1.82, 2.24) is 24.7 Å². The number of imidazole rings is 1. The van der Waals surface area contributed by atoms with Crippen molar-refractivity contribution in [2.75, 3.05) is 38.5 Å². The van der Waals surface area contributed by atoms with Crippen molar-refractivity contribution in [2.24, 2.45) is 10.7 Å². The molecule has 0 saturated carbocycles. The third kappa shape index (κ3) is 6.44. The number of alkyl halides is 2. The third-order valence-electron chi connectivity index (χ3n) is 7.81. The lowest BCUT2D eigenvalue weighted by atomic mass is 9.85. The van der Waals surface area contributed by atoms with Gasteiger partial charge in [-0.2, -0.15) is 0 Å². The highest BCUT2D eigenvalue weighted by Gasteiger charge is 2.37. The molecule has 2 aromatic rings. The molecule has 0 bridgehead atoms. The number of amides is 2. The summed E-state index contributed by atoms with van der Waals surface area (Å²) < 4.78 is 30.3. The predicted molar refractivity (Wildman–Crippen MR) is 160 cm³/mol. The lowest BCUT2D eigenvalue weighted by Crippen LogP contribution is -2.60. The standard InChI is InChI=1S/C29H39ClF2N8O2/c1-6-23(41)39-13-16(14-39)36-28(42)25-24(26(31)32)37-22(40(25)17-8-9-38(7-2)15-17)12-35-27(34)18-10-19(29(3,4)5)20(30)11-21(18)33/h6,10-11,16-17,26H,1,7-9,12-15,33H2,2-5H3,(H2,34,35)(H,36,42). The van der Waals surface area contributed by atoms with Crippen LogP contribution >= 0.6 is 11.6 Å². The Bertz CT molecular complexity index is 1390. The molecule has 2 aliphatic rings. The van der Waals surface area contributed by atoms with E-state index in [1.807, 2.05) is 27.7 Å². The number of hydrogen-bond acceptors (Lipinski definition) is 6. The van der Waals surface area contributed by atoms with E-state index in [4.69, 9.17) is 23.1 Å². The Morgan fingerprint density at radius 1 is 1.29 bits per heavy atom. The molecule has 228 valence electrons. The zero-order valence-electron chi connectivity index (χ0n) is 24.5. The number of benzene rings is 1. The Labute approximate surface area is 249 Å². The van der Waals surface area contributed by atoms with Gasteiger partial charge in [-0.25, -0.2) is 13.8 Å². The lowest BCUT2D eigenvalue weighted by Gasteiger charge is -2.39. The van der Waals surface area contributed by atoms with Gasteiger partial charge < -0.3 is 31.2 Å². The van der Waals surface area contributed by atoms with Gasteiger partial charge in [0.15, 0.2) is 0 Å². The minimum Gasteiger partial charge on any atom is -0.398 e. The van der Waals surface area contributed by atoms with E-state index in [1.54, 1.807) is 16.7 Å². The highest BCUT2D eigenvalue weighted by atomic mass is 35.5. The van der Waals surface area contributed by atoms with Gasteiger partial charge in [0.25, 0.3) is 12.3 Å². The van der Waals surface area contributed by atoms with Crippen molar-refractivity contribution in [3.05, 3.63) is 58.1 Å². The molecular formula is C29H39ClF2N8O2. The Kier molecular flexibility index (Phi) is 9.27. The van der Waals surface area contributed by atoms with Gasteiger partial charge in [-0.05, 0) is 42.2 Å². The average Bonchev–Trinajstić information content (AvgIpc) is 3.52. The third-order valence-corrected chi connectivity index (χ3v) is 8.12. The molecule has 1 unspecified atom stereocenters. The zero-order chi connectivity index (χ0) is 30.9. The summed E-state index contributed by atoms with van der Waals surface area (Å²) in [6.45, 7) is 14.0. The predicted octanol–water partition coefficient (Wildman–Crippen LogP) is 3.65. The topological polar surface area (TPSA) is 135 Å². The van der Waals surface area contributed by atoms with Gasteiger partial charge in [0.2, 0.25) is 5.91 Å². The smallest absolute Gasteiger partial charge is 0.282 e. The maximum atomic E-state index is 14.3. The summed E-state index contributed by atoms with van der Waals surface area (Å²) in [5.41, 5.74) is 13.2. The van der Waals surface area contributed by atoms with Crippen LogP contribution in [0.2, 0.25) is 5.02 Å². The van der Waals surface area contributed by atoms with Crippen molar-refractivity contribution in [3.8, 4) is 0 Å². The van der Waals surface area contributed by atoms with Crippen LogP contribution in [0, 0.1) is 0 Å². The second kappa shape index (κ2) is 12.4. The number of anilines is 1. The van der Waals surface area contributed by atoms with Crippen LogP contribution in [0.3, 0.4) is 0 Å². The fourth-order valence-corrected chi connectivity index (χ4v) is 5.91. The largest absolute Gasteiger partial charge is 0.398 e. The molecule has 1 aromatic heterocycles. The van der Waals surface area contributed by atoms with Gasteiger partial charge in [0.1, 0.15) is 23.0 Å². The van der Waals surface area contributed by atoms with E-state index in [2.05, 4.69) is 26.8 Å². The van der Waals surface area contributed by atoms with Crippen molar-refractivity contribution < 1.29 is 18.4 Å². The van der Waals surface area contributed by atoms with E-state index >= 15 is 0 Å². The number of nitrogen functional groups attached to an aromatic ring is 1. The summed E-state index contributed by atoms with van der Waals surface area (Å²) in [6.07, 6.45) is -1.14. The number of likely N-dealkylation sites (N-methyl/N-ethyl adjacent to an activating group) is 1. The monoisotopic (exact) mass is 604 g/mol. The first-order chi connectivity index (χ1) is 19.7. The van der Waals surface area contributed by atoms with Crippen molar-refractivity contribution in [3.63, 3.8) is 0 Å². The van der Waals surface area contributed by atoms with Crippen LogP contribution in [0.5, 0.6) is 0 Å².